The van der Waals surface area contributed by atoms with Gasteiger partial charge in [0.1, 0.15) is 11.6 Å². The molecule has 1 aliphatic rings. The van der Waals surface area contributed by atoms with Gasteiger partial charge in [-0.15, -0.1) is 13.2 Å². The van der Waals surface area contributed by atoms with Gasteiger partial charge in [-0.1, -0.05) is 26.8 Å². The average Bonchev–Trinajstić information content (AvgIpc) is 3.44. The summed E-state index contributed by atoms with van der Waals surface area (Å²) in [6.07, 6.45) is -0.849. The number of benzene rings is 2. The van der Waals surface area contributed by atoms with Gasteiger partial charge in [-0.2, -0.15) is 5.10 Å². The number of halogens is 4. The van der Waals surface area contributed by atoms with Gasteiger partial charge in [0.05, 0.1) is 30.0 Å². The van der Waals surface area contributed by atoms with Crippen molar-refractivity contribution in [1.29, 1.82) is 0 Å². The Kier molecular flexibility index (Phi) is 6.51. The van der Waals surface area contributed by atoms with Crippen LogP contribution in [0.15, 0.2) is 48.8 Å². The zero-order valence-corrected chi connectivity index (χ0v) is 20.6. The lowest BCUT2D eigenvalue weighted by molar-refractivity contribution is -0.274. The first-order valence-electron chi connectivity index (χ1n) is 11.4. The topological polar surface area (TPSA) is 82.5 Å². The van der Waals surface area contributed by atoms with E-state index in [1.807, 2.05) is 20.8 Å². The maximum atomic E-state index is 14.7. The Bertz CT molecular complexity index is 1350. The highest BCUT2D eigenvalue weighted by Gasteiger charge is 2.53. The molecule has 1 N–H and O–H groups in total. The Morgan fingerprint density at radius 2 is 1.78 bits per heavy atom. The summed E-state index contributed by atoms with van der Waals surface area (Å²) in [5.41, 5.74) is 0.361. The van der Waals surface area contributed by atoms with Crippen molar-refractivity contribution in [3.63, 3.8) is 0 Å². The fourth-order valence-electron chi connectivity index (χ4n) is 4.00. The number of alkyl halides is 3. The predicted molar refractivity (Wildman–Crippen MR) is 126 cm³/mol. The number of carbonyl (C=O) groups excluding carboxylic acids is 2. The summed E-state index contributed by atoms with van der Waals surface area (Å²) in [4.78, 5) is 25.7. The molecule has 0 aliphatic heterocycles. The van der Waals surface area contributed by atoms with Gasteiger partial charge >= 0.3 is 12.3 Å². The second-order valence-electron chi connectivity index (χ2n) is 9.87. The van der Waals surface area contributed by atoms with Crippen LogP contribution in [0.1, 0.15) is 55.1 Å². The molecule has 7 nitrogen and oxygen atoms in total. The van der Waals surface area contributed by atoms with Crippen molar-refractivity contribution in [2.24, 2.45) is 0 Å². The molecule has 1 aromatic heterocycles. The number of carbonyl (C=O) groups is 2. The zero-order chi connectivity index (χ0) is 27.2. The Hall–Kier alpha value is -3.89. The predicted octanol–water partition coefficient (Wildman–Crippen LogP) is 5.66. The molecule has 1 heterocycles. The van der Waals surface area contributed by atoms with Crippen LogP contribution in [0.2, 0.25) is 0 Å². The van der Waals surface area contributed by atoms with Crippen molar-refractivity contribution >= 4 is 17.6 Å². The molecule has 4 rings (SSSR count). The van der Waals surface area contributed by atoms with Crippen LogP contribution in [0.4, 0.5) is 23.2 Å². The number of hydrogen-bond acceptors (Lipinski definition) is 5. The molecular weight excluding hydrogens is 494 g/mol. The molecule has 0 atom stereocenters. The van der Waals surface area contributed by atoms with E-state index in [1.165, 1.54) is 13.2 Å². The molecule has 0 saturated heterocycles. The summed E-state index contributed by atoms with van der Waals surface area (Å²) in [6.45, 7) is 6.09. The fourth-order valence-corrected chi connectivity index (χ4v) is 4.00. The second kappa shape index (κ2) is 9.20. The van der Waals surface area contributed by atoms with Gasteiger partial charge in [0.15, 0.2) is 0 Å². The van der Waals surface area contributed by atoms with E-state index < -0.39 is 35.2 Å². The van der Waals surface area contributed by atoms with E-state index in [4.69, 9.17) is 4.74 Å². The molecule has 0 radical (unpaired) electrons. The van der Waals surface area contributed by atoms with Gasteiger partial charge in [0.2, 0.25) is 5.91 Å². The van der Waals surface area contributed by atoms with E-state index >= 15 is 0 Å². The van der Waals surface area contributed by atoms with Crippen LogP contribution in [-0.4, -0.2) is 35.1 Å². The van der Waals surface area contributed by atoms with Crippen molar-refractivity contribution in [2.75, 3.05) is 12.4 Å². The Balaban J connectivity index is 1.60. The molecule has 2 aromatic carbocycles. The number of aromatic nitrogens is 2. The lowest BCUT2D eigenvalue weighted by Gasteiger charge is -2.18. The highest BCUT2D eigenvalue weighted by Crippen LogP contribution is 2.50. The summed E-state index contributed by atoms with van der Waals surface area (Å²) in [7, 11) is 1.23. The molecule has 3 aromatic rings. The largest absolute Gasteiger partial charge is 0.573 e. The van der Waals surface area contributed by atoms with E-state index in [0.717, 1.165) is 17.7 Å². The molecular formula is C26H25F4N3O4. The number of nitrogens with zero attached hydrogens (tertiary/aromatic N) is 2. The second-order valence-corrected chi connectivity index (χ2v) is 9.87. The molecule has 0 bridgehead atoms. The number of ether oxygens (including phenoxy) is 2. The van der Waals surface area contributed by atoms with Crippen LogP contribution in [0, 0.1) is 5.82 Å². The van der Waals surface area contributed by atoms with Gasteiger partial charge in [-0.25, -0.2) is 13.9 Å². The number of methoxy groups -OCH3 is 1. The van der Waals surface area contributed by atoms with Crippen LogP contribution in [0.25, 0.3) is 5.69 Å². The first kappa shape index (κ1) is 26.2. The summed E-state index contributed by atoms with van der Waals surface area (Å²) in [6, 6.07) is 7.31. The minimum Gasteiger partial charge on any atom is -0.465 e. The quantitative estimate of drug-likeness (QED) is 0.336. The van der Waals surface area contributed by atoms with E-state index in [2.05, 4.69) is 15.2 Å². The molecule has 11 heteroatoms. The normalized spacial score (nSPS) is 14.7. The minimum absolute atomic E-state index is 0.0319. The van der Waals surface area contributed by atoms with E-state index in [0.29, 0.717) is 24.6 Å². The number of esters is 1. The Morgan fingerprint density at radius 1 is 1.08 bits per heavy atom. The van der Waals surface area contributed by atoms with Crippen molar-refractivity contribution < 1.29 is 36.6 Å². The summed E-state index contributed by atoms with van der Waals surface area (Å²) in [5.74, 6) is -2.88. The third-order valence-electron chi connectivity index (χ3n) is 6.23. The number of anilines is 1. The third kappa shape index (κ3) is 5.45. The molecule has 1 fully saturated rings. The zero-order valence-electron chi connectivity index (χ0n) is 20.6. The highest BCUT2D eigenvalue weighted by molar-refractivity contribution is 6.03. The van der Waals surface area contributed by atoms with E-state index in [-0.39, 0.29) is 22.2 Å². The van der Waals surface area contributed by atoms with Gasteiger partial charge in [0, 0.05) is 23.5 Å². The molecule has 1 saturated carbocycles. The van der Waals surface area contributed by atoms with Crippen LogP contribution in [0.3, 0.4) is 0 Å². The number of nitrogens with one attached hydrogen (secondary N) is 1. The summed E-state index contributed by atoms with van der Waals surface area (Å²) < 4.78 is 62.2. The Labute approximate surface area is 210 Å². The van der Waals surface area contributed by atoms with Crippen molar-refractivity contribution in [3.05, 3.63) is 71.3 Å². The van der Waals surface area contributed by atoms with E-state index in [9.17, 15) is 27.2 Å². The van der Waals surface area contributed by atoms with Crippen molar-refractivity contribution in [1.82, 2.24) is 9.78 Å². The minimum atomic E-state index is -4.96. The smallest absolute Gasteiger partial charge is 0.465 e. The molecule has 0 spiro atoms. The van der Waals surface area contributed by atoms with Crippen LogP contribution >= 0.6 is 0 Å². The Morgan fingerprint density at radius 3 is 2.32 bits per heavy atom. The lowest BCUT2D eigenvalue weighted by Crippen LogP contribution is -2.29. The van der Waals surface area contributed by atoms with Gasteiger partial charge in [-0.3, -0.25) is 4.79 Å². The molecule has 37 heavy (non-hydrogen) atoms. The van der Waals surface area contributed by atoms with Crippen LogP contribution in [-0.2, 0) is 20.4 Å². The fraction of sp³-hybridized carbons (Fsp3) is 0.346. The van der Waals surface area contributed by atoms with E-state index in [1.54, 1.807) is 29.2 Å². The van der Waals surface area contributed by atoms with Crippen molar-refractivity contribution in [2.45, 2.75) is 50.8 Å². The van der Waals surface area contributed by atoms with Gasteiger partial charge in [-0.05, 0) is 48.1 Å². The number of hydrogen-bond donors (Lipinski definition) is 1. The van der Waals surface area contributed by atoms with Crippen molar-refractivity contribution in [3.8, 4) is 11.4 Å². The third-order valence-corrected chi connectivity index (χ3v) is 6.23. The molecule has 196 valence electrons. The van der Waals surface area contributed by atoms with Crippen LogP contribution < -0.4 is 10.1 Å². The average molecular weight is 519 g/mol. The van der Waals surface area contributed by atoms with Gasteiger partial charge in [0.25, 0.3) is 0 Å². The SMILES string of the molecule is COC(=O)c1cc(NC(=O)C2(c3ccc(OC(F)(F)F)cc3F)CC2)ccc1-n1cc(C(C)(C)C)cn1. The monoisotopic (exact) mass is 519 g/mol. The standard InChI is InChI=1S/C26H25F4N3O4/c1-24(2,3)15-13-31-33(14-15)21-8-5-16(11-18(21)22(34)36-4)32-23(35)25(9-10-25)19-7-6-17(12-20(19)27)37-26(28,29)30/h5-8,11-14H,9-10H2,1-4H3,(H,32,35). The molecule has 0 unspecified atom stereocenters. The van der Waals surface area contributed by atoms with Gasteiger partial charge < -0.3 is 14.8 Å². The summed E-state index contributed by atoms with van der Waals surface area (Å²) >= 11 is 0. The number of amides is 1. The maximum Gasteiger partial charge on any atom is 0.573 e. The lowest BCUT2D eigenvalue weighted by atomic mass is 9.90. The first-order valence-corrected chi connectivity index (χ1v) is 11.4. The maximum absolute atomic E-state index is 14.7. The number of rotatable bonds is 6. The first-order chi connectivity index (χ1) is 17.2. The van der Waals surface area contributed by atoms with Crippen LogP contribution in [0.5, 0.6) is 5.75 Å². The molecule has 1 aliphatic carbocycles. The highest BCUT2D eigenvalue weighted by atomic mass is 19.4. The summed E-state index contributed by atoms with van der Waals surface area (Å²) in [5, 5.41) is 7.04. The molecule has 1 amide bonds.